The van der Waals surface area contributed by atoms with E-state index in [4.69, 9.17) is 4.74 Å². The lowest BCUT2D eigenvalue weighted by Crippen LogP contribution is -2.46. The van der Waals surface area contributed by atoms with Gasteiger partial charge < -0.3 is 9.64 Å². The average molecular weight is 261 g/mol. The van der Waals surface area contributed by atoms with Crippen LogP contribution in [-0.4, -0.2) is 23.6 Å². The molecule has 0 N–H and O–H groups in total. The third-order valence-corrected chi connectivity index (χ3v) is 3.76. The maximum Gasteiger partial charge on any atom is 0.410 e. The van der Waals surface area contributed by atoms with E-state index in [1.165, 1.54) is 6.42 Å². The Bertz CT molecular complexity index is 402. The molecular weight excluding hydrogens is 238 g/mol. The molecule has 0 spiro atoms. The molecule has 1 amide bonds. The monoisotopic (exact) mass is 261 g/mol. The Kier molecular flexibility index (Phi) is 4.83. The van der Waals surface area contributed by atoms with Crippen molar-refractivity contribution in [3.8, 4) is 0 Å². The van der Waals surface area contributed by atoms with E-state index in [-0.39, 0.29) is 6.09 Å². The zero-order valence-electron chi connectivity index (χ0n) is 11.8. The molecule has 1 aromatic rings. The number of carbonyl (C=O) groups is 1. The fourth-order valence-electron chi connectivity index (χ4n) is 2.68. The predicted octanol–water partition coefficient (Wildman–Crippen LogP) is 3.83. The van der Waals surface area contributed by atoms with E-state index in [0.29, 0.717) is 18.6 Å². The van der Waals surface area contributed by atoms with Crippen LogP contribution < -0.4 is 0 Å². The number of amides is 1. The first-order valence-corrected chi connectivity index (χ1v) is 7.16. The molecule has 0 unspecified atom stereocenters. The largest absolute Gasteiger partial charge is 0.445 e. The van der Waals surface area contributed by atoms with E-state index < -0.39 is 0 Å². The molecule has 1 aromatic carbocycles. The zero-order chi connectivity index (χ0) is 13.7. The van der Waals surface area contributed by atoms with Gasteiger partial charge in [0.05, 0.1) is 0 Å². The number of hydrogen-bond acceptors (Lipinski definition) is 2. The second-order valence-corrected chi connectivity index (χ2v) is 5.54. The summed E-state index contributed by atoms with van der Waals surface area (Å²) in [6.07, 6.45) is 3.23. The van der Waals surface area contributed by atoms with Crippen LogP contribution in [-0.2, 0) is 11.3 Å². The van der Waals surface area contributed by atoms with Crippen LogP contribution in [0.1, 0.15) is 38.7 Å². The van der Waals surface area contributed by atoms with Crippen molar-refractivity contribution >= 4 is 6.09 Å². The number of hydrogen-bond donors (Lipinski definition) is 0. The smallest absolute Gasteiger partial charge is 0.410 e. The van der Waals surface area contributed by atoms with Gasteiger partial charge in [-0.3, -0.25) is 0 Å². The Morgan fingerprint density at radius 3 is 2.74 bits per heavy atom. The van der Waals surface area contributed by atoms with Gasteiger partial charge >= 0.3 is 6.09 Å². The molecule has 1 heterocycles. The summed E-state index contributed by atoms with van der Waals surface area (Å²) in [4.78, 5) is 14.1. The van der Waals surface area contributed by atoms with Crippen molar-refractivity contribution in [2.24, 2.45) is 5.92 Å². The molecule has 0 radical (unpaired) electrons. The molecule has 0 aliphatic carbocycles. The Morgan fingerprint density at radius 2 is 2.05 bits per heavy atom. The summed E-state index contributed by atoms with van der Waals surface area (Å²) < 4.78 is 5.43. The summed E-state index contributed by atoms with van der Waals surface area (Å²) in [6, 6.07) is 10.2. The molecule has 0 bridgehead atoms. The van der Waals surface area contributed by atoms with Gasteiger partial charge in [-0.1, -0.05) is 44.2 Å². The normalized spacial score (nSPS) is 19.5. The third-order valence-electron chi connectivity index (χ3n) is 3.76. The van der Waals surface area contributed by atoms with Crippen molar-refractivity contribution in [1.82, 2.24) is 4.90 Å². The lowest BCUT2D eigenvalue weighted by Gasteiger charge is -2.37. The average Bonchev–Trinajstić information content (AvgIpc) is 2.46. The Morgan fingerprint density at radius 1 is 1.32 bits per heavy atom. The van der Waals surface area contributed by atoms with Crippen molar-refractivity contribution in [3.63, 3.8) is 0 Å². The number of likely N-dealkylation sites (tertiary alicyclic amines) is 1. The van der Waals surface area contributed by atoms with Crippen LogP contribution >= 0.6 is 0 Å². The zero-order valence-corrected chi connectivity index (χ0v) is 11.8. The highest BCUT2D eigenvalue weighted by molar-refractivity contribution is 5.68. The molecule has 3 nitrogen and oxygen atoms in total. The summed E-state index contributed by atoms with van der Waals surface area (Å²) in [5, 5.41) is 0. The highest BCUT2D eigenvalue weighted by Crippen LogP contribution is 2.23. The van der Waals surface area contributed by atoms with Gasteiger partial charge in [-0.2, -0.15) is 0 Å². The van der Waals surface area contributed by atoms with E-state index >= 15 is 0 Å². The first kappa shape index (κ1) is 13.9. The van der Waals surface area contributed by atoms with E-state index in [2.05, 4.69) is 13.8 Å². The number of ether oxygens (including phenoxy) is 1. The Balaban J connectivity index is 1.91. The van der Waals surface area contributed by atoms with Crippen LogP contribution in [0.2, 0.25) is 0 Å². The van der Waals surface area contributed by atoms with Crippen molar-refractivity contribution in [1.29, 1.82) is 0 Å². The van der Waals surface area contributed by atoms with Crippen LogP contribution in [0.15, 0.2) is 30.3 Å². The van der Waals surface area contributed by atoms with Gasteiger partial charge in [-0.05, 0) is 30.7 Å². The highest BCUT2D eigenvalue weighted by atomic mass is 16.6. The van der Waals surface area contributed by atoms with Gasteiger partial charge in [0.15, 0.2) is 0 Å². The molecular formula is C16H23NO2. The highest BCUT2D eigenvalue weighted by Gasteiger charge is 2.29. The van der Waals surface area contributed by atoms with Gasteiger partial charge in [0.2, 0.25) is 0 Å². The summed E-state index contributed by atoms with van der Waals surface area (Å²) in [6.45, 7) is 5.54. The van der Waals surface area contributed by atoms with E-state index in [0.717, 1.165) is 24.9 Å². The maximum absolute atomic E-state index is 12.2. The molecule has 0 aromatic heterocycles. The van der Waals surface area contributed by atoms with Crippen LogP contribution in [0.4, 0.5) is 4.79 Å². The second kappa shape index (κ2) is 6.60. The minimum absolute atomic E-state index is 0.165. The maximum atomic E-state index is 12.2. The summed E-state index contributed by atoms with van der Waals surface area (Å²) in [7, 11) is 0. The molecule has 1 atom stereocenters. The molecule has 3 heteroatoms. The van der Waals surface area contributed by atoms with Gasteiger partial charge in [-0.25, -0.2) is 4.79 Å². The Hall–Kier alpha value is -1.51. The van der Waals surface area contributed by atoms with Crippen LogP contribution in [0.5, 0.6) is 0 Å². The number of rotatable bonds is 3. The molecule has 1 fully saturated rings. The molecule has 104 valence electrons. The molecule has 1 aliphatic heterocycles. The van der Waals surface area contributed by atoms with Crippen molar-refractivity contribution in [2.45, 2.75) is 45.8 Å². The lowest BCUT2D eigenvalue weighted by molar-refractivity contribution is 0.0562. The molecule has 19 heavy (non-hydrogen) atoms. The number of nitrogens with zero attached hydrogens (tertiary/aromatic N) is 1. The SMILES string of the molecule is CC(C)[C@@H]1CCCCN1C(=O)OCc1ccccc1. The van der Waals surface area contributed by atoms with Crippen molar-refractivity contribution < 1.29 is 9.53 Å². The molecule has 1 aliphatic rings. The number of piperidine rings is 1. The molecule has 0 saturated carbocycles. The molecule has 2 rings (SSSR count). The summed E-state index contributed by atoms with van der Waals surface area (Å²) >= 11 is 0. The second-order valence-electron chi connectivity index (χ2n) is 5.54. The minimum atomic E-state index is -0.165. The minimum Gasteiger partial charge on any atom is -0.445 e. The standard InChI is InChI=1S/C16H23NO2/c1-13(2)15-10-6-7-11-17(15)16(18)19-12-14-8-4-3-5-9-14/h3-5,8-9,13,15H,6-7,10-12H2,1-2H3/t15-/m0/s1. The first-order valence-electron chi connectivity index (χ1n) is 7.16. The Labute approximate surface area is 115 Å². The predicted molar refractivity (Wildman–Crippen MR) is 75.8 cm³/mol. The molecule has 1 saturated heterocycles. The quantitative estimate of drug-likeness (QED) is 0.827. The summed E-state index contributed by atoms with van der Waals surface area (Å²) in [5.41, 5.74) is 1.04. The van der Waals surface area contributed by atoms with E-state index in [9.17, 15) is 4.79 Å². The van der Waals surface area contributed by atoms with Gasteiger partial charge in [-0.15, -0.1) is 0 Å². The fraction of sp³-hybridized carbons (Fsp3) is 0.562. The van der Waals surface area contributed by atoms with Gasteiger partial charge in [0, 0.05) is 12.6 Å². The third kappa shape index (κ3) is 3.72. The van der Waals surface area contributed by atoms with Crippen LogP contribution in [0, 0.1) is 5.92 Å². The van der Waals surface area contributed by atoms with E-state index in [1.54, 1.807) is 0 Å². The topological polar surface area (TPSA) is 29.5 Å². The van der Waals surface area contributed by atoms with Crippen molar-refractivity contribution in [3.05, 3.63) is 35.9 Å². The van der Waals surface area contributed by atoms with Gasteiger partial charge in [0.1, 0.15) is 6.61 Å². The summed E-state index contributed by atoms with van der Waals surface area (Å²) in [5.74, 6) is 0.490. The number of carbonyl (C=O) groups excluding carboxylic acids is 1. The fourth-order valence-corrected chi connectivity index (χ4v) is 2.68. The van der Waals surface area contributed by atoms with Crippen molar-refractivity contribution in [2.75, 3.05) is 6.54 Å². The number of benzene rings is 1. The lowest BCUT2D eigenvalue weighted by atomic mass is 9.93. The first-order chi connectivity index (χ1) is 9.18. The van der Waals surface area contributed by atoms with Gasteiger partial charge in [0.25, 0.3) is 0 Å². The van der Waals surface area contributed by atoms with E-state index in [1.807, 2.05) is 35.2 Å². The van der Waals surface area contributed by atoms with Crippen LogP contribution in [0.25, 0.3) is 0 Å². The van der Waals surface area contributed by atoms with Crippen LogP contribution in [0.3, 0.4) is 0 Å².